The van der Waals surface area contributed by atoms with Crippen LogP contribution in [0.25, 0.3) is 0 Å². The zero-order chi connectivity index (χ0) is 27.6. The van der Waals surface area contributed by atoms with E-state index in [4.69, 9.17) is 4.74 Å². The number of carbonyl (C=O) groups excluding carboxylic acids is 2. The number of Topliss-reactive ketones (excluding diaryl/α,β-unsaturated/α-hetero) is 1. The van der Waals surface area contributed by atoms with Gasteiger partial charge in [-0.05, 0) is 97.5 Å². The van der Waals surface area contributed by atoms with Crippen molar-refractivity contribution < 1.29 is 24.5 Å². The number of hydrogen-bond donors (Lipinski definition) is 2. The lowest BCUT2D eigenvalue weighted by Crippen LogP contribution is -2.56. The summed E-state index contributed by atoms with van der Waals surface area (Å²) < 4.78 is 5.28. The van der Waals surface area contributed by atoms with Gasteiger partial charge < -0.3 is 19.8 Å². The van der Waals surface area contributed by atoms with Gasteiger partial charge in [0.25, 0.3) is 0 Å². The van der Waals surface area contributed by atoms with E-state index in [0.29, 0.717) is 30.1 Å². The van der Waals surface area contributed by atoms with E-state index in [9.17, 15) is 19.8 Å². The van der Waals surface area contributed by atoms with Crippen LogP contribution in [0.1, 0.15) is 58.8 Å². The van der Waals surface area contributed by atoms with Crippen LogP contribution in [0.5, 0.6) is 5.75 Å². The van der Waals surface area contributed by atoms with Crippen LogP contribution in [0.4, 0.5) is 5.69 Å². The van der Waals surface area contributed by atoms with Gasteiger partial charge in [-0.25, -0.2) is 0 Å². The fourth-order valence-electron chi connectivity index (χ4n) is 9.50. The van der Waals surface area contributed by atoms with Gasteiger partial charge in [-0.3, -0.25) is 14.5 Å². The van der Waals surface area contributed by atoms with Crippen LogP contribution in [0.15, 0.2) is 35.9 Å². The van der Waals surface area contributed by atoms with Crippen molar-refractivity contribution in [3.8, 4) is 5.75 Å². The molecule has 212 valence electrons. The molecule has 6 rings (SSSR count). The highest BCUT2D eigenvalue weighted by Gasteiger charge is 2.62. The average molecular weight is 537 g/mol. The van der Waals surface area contributed by atoms with E-state index < -0.39 is 11.6 Å². The van der Waals surface area contributed by atoms with Crippen LogP contribution in [0.2, 0.25) is 0 Å². The summed E-state index contributed by atoms with van der Waals surface area (Å²) >= 11 is 0. The highest BCUT2D eigenvalue weighted by Crippen LogP contribution is 2.67. The van der Waals surface area contributed by atoms with Gasteiger partial charge in [0.1, 0.15) is 11.5 Å². The third-order valence-electron chi connectivity index (χ3n) is 11.6. The molecule has 1 heterocycles. The molecule has 1 saturated heterocycles. The smallest absolute Gasteiger partial charge is 0.228 e. The van der Waals surface area contributed by atoms with Gasteiger partial charge in [-0.15, -0.1) is 0 Å². The van der Waals surface area contributed by atoms with Crippen molar-refractivity contribution in [3.05, 3.63) is 35.9 Å². The monoisotopic (exact) mass is 536 g/mol. The summed E-state index contributed by atoms with van der Waals surface area (Å²) in [5.41, 5.74) is 1.97. The summed E-state index contributed by atoms with van der Waals surface area (Å²) in [5.74, 6) is -0.147. The number of nitrogens with zero attached hydrogens (tertiary/aromatic N) is 2. The van der Waals surface area contributed by atoms with Gasteiger partial charge in [0, 0.05) is 44.2 Å². The molecule has 0 bridgehead atoms. The number of anilines is 1. The topological polar surface area (TPSA) is 90.3 Å². The van der Waals surface area contributed by atoms with Crippen LogP contribution >= 0.6 is 0 Å². The van der Waals surface area contributed by atoms with Crippen LogP contribution in [0.3, 0.4) is 0 Å². The Morgan fingerprint density at radius 1 is 1.00 bits per heavy atom. The predicted molar refractivity (Wildman–Crippen MR) is 149 cm³/mol. The zero-order valence-corrected chi connectivity index (χ0v) is 23.7. The first-order valence-corrected chi connectivity index (χ1v) is 14.9. The summed E-state index contributed by atoms with van der Waals surface area (Å²) in [5, 5.41) is 20.9. The van der Waals surface area contributed by atoms with E-state index in [-0.39, 0.29) is 23.2 Å². The summed E-state index contributed by atoms with van der Waals surface area (Å²) in [6, 6.07) is 8.20. The molecule has 5 aliphatic rings. The van der Waals surface area contributed by atoms with Crippen molar-refractivity contribution in [2.75, 3.05) is 44.7 Å². The van der Waals surface area contributed by atoms with E-state index in [0.717, 1.165) is 76.0 Å². The molecular weight excluding hydrogens is 492 g/mol. The zero-order valence-electron chi connectivity index (χ0n) is 23.7. The lowest BCUT2D eigenvalue weighted by molar-refractivity contribution is -0.199. The van der Waals surface area contributed by atoms with Gasteiger partial charge in [0.05, 0.1) is 13.7 Å². The number of fused-ring (bicyclic) bond motifs is 5. The molecule has 0 aromatic heterocycles. The molecule has 7 nitrogen and oxygen atoms in total. The molecule has 7 heteroatoms. The number of hydrogen-bond acceptors (Lipinski definition) is 7. The Labute approximate surface area is 232 Å². The number of ketones is 2. The third kappa shape index (κ3) is 4.45. The van der Waals surface area contributed by atoms with Crippen molar-refractivity contribution >= 4 is 17.3 Å². The Morgan fingerprint density at radius 3 is 2.41 bits per heavy atom. The summed E-state index contributed by atoms with van der Waals surface area (Å²) in [6.07, 6.45) is 7.55. The Bertz CT molecular complexity index is 1150. The summed E-state index contributed by atoms with van der Waals surface area (Å²) in [4.78, 5) is 30.8. The van der Waals surface area contributed by atoms with Crippen molar-refractivity contribution in [2.24, 2.45) is 34.5 Å². The van der Waals surface area contributed by atoms with Crippen molar-refractivity contribution in [1.82, 2.24) is 4.90 Å². The molecule has 2 N–H and O–H groups in total. The lowest BCUT2D eigenvalue weighted by Gasteiger charge is -2.58. The number of methoxy groups -OCH3 is 1. The van der Waals surface area contributed by atoms with E-state index in [1.807, 2.05) is 12.1 Å². The van der Waals surface area contributed by atoms with E-state index in [2.05, 4.69) is 35.8 Å². The molecular formula is C32H44N2O5. The number of ether oxygens (including phenoxy) is 1. The number of carbonyl (C=O) groups is 2. The molecule has 1 aromatic carbocycles. The second-order valence-corrected chi connectivity index (χ2v) is 13.5. The van der Waals surface area contributed by atoms with Gasteiger partial charge in [0.15, 0.2) is 0 Å². The van der Waals surface area contributed by atoms with Crippen molar-refractivity contribution in [1.29, 1.82) is 0 Å². The second kappa shape index (κ2) is 9.71. The molecule has 0 radical (unpaired) electrons. The molecule has 0 unspecified atom stereocenters. The maximum Gasteiger partial charge on any atom is 0.228 e. The molecule has 1 aromatic rings. The average Bonchev–Trinajstić information content (AvgIpc) is 3.27. The van der Waals surface area contributed by atoms with Crippen LogP contribution in [-0.4, -0.2) is 72.3 Å². The molecule has 6 atom stereocenters. The Balaban J connectivity index is 1.10. The normalized spacial score (nSPS) is 37.9. The van der Waals surface area contributed by atoms with Gasteiger partial charge in [0.2, 0.25) is 11.6 Å². The molecule has 1 aliphatic heterocycles. The highest BCUT2D eigenvalue weighted by molar-refractivity contribution is 5.97. The van der Waals surface area contributed by atoms with Gasteiger partial charge in [-0.1, -0.05) is 19.4 Å². The first-order chi connectivity index (χ1) is 18.5. The second-order valence-electron chi connectivity index (χ2n) is 13.5. The van der Waals surface area contributed by atoms with Crippen molar-refractivity contribution in [2.45, 2.75) is 64.6 Å². The summed E-state index contributed by atoms with van der Waals surface area (Å²) in [6.45, 7) is 8.68. The van der Waals surface area contributed by atoms with Crippen LogP contribution < -0.4 is 9.64 Å². The van der Waals surface area contributed by atoms with Crippen LogP contribution in [0, 0.1) is 34.5 Å². The quantitative estimate of drug-likeness (QED) is 0.553. The highest BCUT2D eigenvalue weighted by atomic mass is 16.5. The molecule has 4 aliphatic carbocycles. The Morgan fingerprint density at radius 2 is 1.72 bits per heavy atom. The molecule has 3 saturated carbocycles. The van der Waals surface area contributed by atoms with Crippen LogP contribution in [-0.2, 0) is 9.59 Å². The Kier molecular flexibility index (Phi) is 6.71. The minimum atomic E-state index is -2.26. The van der Waals surface area contributed by atoms with E-state index in [1.165, 1.54) is 11.8 Å². The molecule has 4 fully saturated rings. The number of benzene rings is 1. The third-order valence-corrected chi connectivity index (χ3v) is 11.6. The largest absolute Gasteiger partial charge is 0.497 e. The first-order valence-electron chi connectivity index (χ1n) is 14.9. The maximum atomic E-state index is 13.8. The van der Waals surface area contributed by atoms with E-state index in [1.54, 1.807) is 7.11 Å². The predicted octanol–water partition coefficient (Wildman–Crippen LogP) is 3.83. The first kappa shape index (κ1) is 27.0. The fourth-order valence-corrected chi connectivity index (χ4v) is 9.50. The standard InChI is InChI=1S/C32H44N2O5/c1-30-13-12-26-24(9-4-21-18-29(36)32(37,38)20-31(21,26)2)25(30)10-11-27(30)28(35)19-33-14-16-34(17-15-33)22-5-7-23(39-3)8-6-22/h5-8,18,24-27,37-38H,4,9-17,19-20H2,1-3H3/t24-,25-,26-,27+,30-,31-/m0/s1. The SMILES string of the molecule is COc1ccc(N2CCN(CC(=O)[C@H]3CC[C@H]4[C@@H]5CCC6=CC(=O)C(O)(O)C[C@]6(C)[C@H]5CC[C@]34C)CC2)cc1. The van der Waals surface area contributed by atoms with E-state index >= 15 is 0 Å². The van der Waals surface area contributed by atoms with Gasteiger partial charge >= 0.3 is 0 Å². The molecule has 39 heavy (non-hydrogen) atoms. The number of rotatable bonds is 5. The fraction of sp³-hybridized carbons (Fsp3) is 0.688. The minimum absolute atomic E-state index is 0.0146. The molecule has 0 spiro atoms. The number of piperazine rings is 1. The van der Waals surface area contributed by atoms with Crippen molar-refractivity contribution in [3.63, 3.8) is 0 Å². The van der Waals surface area contributed by atoms with Gasteiger partial charge in [-0.2, -0.15) is 0 Å². The summed E-state index contributed by atoms with van der Waals surface area (Å²) in [7, 11) is 1.68. The number of allylic oxidation sites excluding steroid dienone is 1. The Hall–Kier alpha value is -2.22. The lowest BCUT2D eigenvalue weighted by atomic mass is 9.46. The maximum absolute atomic E-state index is 13.8. The number of aliphatic hydroxyl groups is 2. The molecule has 0 amide bonds. The minimum Gasteiger partial charge on any atom is -0.497 e.